The number of hydrogen-bond acceptors (Lipinski definition) is 6. The molecule has 0 bridgehead atoms. The summed E-state index contributed by atoms with van der Waals surface area (Å²) >= 11 is 0. The molecule has 0 radical (unpaired) electrons. The molecular formula is C19H29FN2O4S. The van der Waals surface area contributed by atoms with Crippen LogP contribution in [0.3, 0.4) is 0 Å². The summed E-state index contributed by atoms with van der Waals surface area (Å²) in [6, 6.07) is 6.62. The number of aliphatic hydroxyl groups is 2. The van der Waals surface area contributed by atoms with Gasteiger partial charge in [0, 0.05) is 31.7 Å². The Morgan fingerprint density at radius 3 is 2.44 bits per heavy atom. The quantitative estimate of drug-likeness (QED) is 0.742. The van der Waals surface area contributed by atoms with Gasteiger partial charge in [0.2, 0.25) is 0 Å². The lowest BCUT2D eigenvalue weighted by Crippen LogP contribution is -2.58. The van der Waals surface area contributed by atoms with Gasteiger partial charge in [0.25, 0.3) is 0 Å². The number of para-hydroxylation sites is 1. The number of β-amino-alcohol motifs (C(OH)–C–C–N with tert-alkyl or cyclic N) is 2. The summed E-state index contributed by atoms with van der Waals surface area (Å²) in [6.07, 6.45) is 1.44. The van der Waals surface area contributed by atoms with Crippen LogP contribution in [0.1, 0.15) is 26.2 Å². The number of sulfone groups is 1. The smallest absolute Gasteiger partial charge is 0.152 e. The highest BCUT2D eigenvalue weighted by Crippen LogP contribution is 2.34. The van der Waals surface area contributed by atoms with E-state index in [0.29, 0.717) is 51.1 Å². The fourth-order valence-corrected chi connectivity index (χ4v) is 6.46. The molecule has 1 atom stereocenters. The first kappa shape index (κ1) is 20.5. The first-order chi connectivity index (χ1) is 12.7. The normalized spacial score (nSPS) is 27.2. The lowest BCUT2D eigenvalue weighted by atomic mass is 9.88. The molecule has 0 spiro atoms. The van der Waals surface area contributed by atoms with E-state index >= 15 is 0 Å². The maximum atomic E-state index is 14.0. The van der Waals surface area contributed by atoms with E-state index < -0.39 is 21.0 Å². The molecule has 3 rings (SSSR count). The molecule has 152 valence electrons. The van der Waals surface area contributed by atoms with Gasteiger partial charge in [0.05, 0.1) is 29.4 Å². The van der Waals surface area contributed by atoms with Crippen LogP contribution in [-0.2, 0) is 9.84 Å². The van der Waals surface area contributed by atoms with E-state index in [0.717, 1.165) is 0 Å². The first-order valence-electron chi connectivity index (χ1n) is 9.45. The average Bonchev–Trinajstić information content (AvgIpc) is 2.90. The van der Waals surface area contributed by atoms with E-state index in [2.05, 4.69) is 0 Å². The minimum atomic E-state index is -3.08. The molecule has 0 unspecified atom stereocenters. The molecule has 1 aromatic carbocycles. The van der Waals surface area contributed by atoms with E-state index in [1.807, 2.05) is 16.7 Å². The van der Waals surface area contributed by atoms with Crippen molar-refractivity contribution in [2.75, 3.05) is 49.2 Å². The highest BCUT2D eigenvalue weighted by Gasteiger charge is 2.45. The van der Waals surface area contributed by atoms with Crippen LogP contribution in [0, 0.1) is 5.82 Å². The largest absolute Gasteiger partial charge is 0.395 e. The predicted octanol–water partition coefficient (Wildman–Crippen LogP) is 1.03. The van der Waals surface area contributed by atoms with Crippen LogP contribution in [0.2, 0.25) is 0 Å². The average molecular weight is 401 g/mol. The fourth-order valence-electron chi connectivity index (χ4n) is 4.29. The SMILES string of the molecule is C[C@]1(N(CCO)CC2(O)CCN(c3ccccc3F)CC2)CCS(=O)(=O)C1. The highest BCUT2D eigenvalue weighted by atomic mass is 32.2. The fraction of sp³-hybridized carbons (Fsp3) is 0.684. The second-order valence-corrected chi connectivity index (χ2v) is 10.3. The second-order valence-electron chi connectivity index (χ2n) is 8.15. The minimum Gasteiger partial charge on any atom is -0.395 e. The Hall–Kier alpha value is -1.22. The Balaban J connectivity index is 1.68. The first-order valence-corrected chi connectivity index (χ1v) is 11.3. The van der Waals surface area contributed by atoms with Crippen molar-refractivity contribution in [3.05, 3.63) is 30.1 Å². The molecule has 1 aromatic rings. The third-order valence-corrected chi connectivity index (χ3v) is 7.88. The zero-order valence-corrected chi connectivity index (χ0v) is 16.6. The van der Waals surface area contributed by atoms with Crippen molar-refractivity contribution >= 4 is 15.5 Å². The van der Waals surface area contributed by atoms with Gasteiger partial charge < -0.3 is 15.1 Å². The second kappa shape index (κ2) is 7.66. The summed E-state index contributed by atoms with van der Waals surface area (Å²) in [7, 11) is -3.08. The molecule has 2 aliphatic rings. The lowest BCUT2D eigenvalue weighted by Gasteiger charge is -2.46. The third-order valence-electron chi connectivity index (χ3n) is 5.99. The molecule has 0 amide bonds. The molecule has 27 heavy (non-hydrogen) atoms. The number of anilines is 1. The zero-order chi connectivity index (χ0) is 19.7. The summed E-state index contributed by atoms with van der Waals surface area (Å²) < 4.78 is 37.9. The Labute approximate surface area is 160 Å². The van der Waals surface area contributed by atoms with Gasteiger partial charge in [0.15, 0.2) is 9.84 Å². The minimum absolute atomic E-state index is 0.0530. The summed E-state index contributed by atoms with van der Waals surface area (Å²) in [4.78, 5) is 3.86. The van der Waals surface area contributed by atoms with Gasteiger partial charge >= 0.3 is 0 Å². The maximum Gasteiger partial charge on any atom is 0.152 e. The molecule has 2 saturated heterocycles. The molecular weight excluding hydrogens is 371 g/mol. The van der Waals surface area contributed by atoms with Gasteiger partial charge in [0.1, 0.15) is 5.82 Å². The number of hydrogen-bond donors (Lipinski definition) is 2. The molecule has 2 heterocycles. The van der Waals surface area contributed by atoms with Crippen LogP contribution in [-0.4, -0.2) is 79.0 Å². The third kappa shape index (κ3) is 4.62. The molecule has 0 aromatic heterocycles. The molecule has 6 nitrogen and oxygen atoms in total. The number of aliphatic hydroxyl groups excluding tert-OH is 1. The van der Waals surface area contributed by atoms with Crippen LogP contribution in [0.5, 0.6) is 0 Å². The van der Waals surface area contributed by atoms with Crippen molar-refractivity contribution in [2.24, 2.45) is 0 Å². The molecule has 8 heteroatoms. The standard InChI is InChI=1S/C19H29FN2O4S/c1-18(8-13-27(25,26)15-18)22(11-12-23)14-19(24)6-9-21(10-7-19)17-5-3-2-4-16(17)20/h2-5,23-24H,6-15H2,1H3/t18-/m0/s1. The summed E-state index contributed by atoms with van der Waals surface area (Å²) in [5.41, 5.74) is -1.01. The maximum absolute atomic E-state index is 14.0. The van der Waals surface area contributed by atoms with Crippen molar-refractivity contribution < 1.29 is 23.0 Å². The zero-order valence-electron chi connectivity index (χ0n) is 15.8. The highest BCUT2D eigenvalue weighted by molar-refractivity contribution is 7.91. The van der Waals surface area contributed by atoms with E-state index in [1.54, 1.807) is 18.2 Å². The van der Waals surface area contributed by atoms with Crippen LogP contribution in [0.25, 0.3) is 0 Å². The number of benzene rings is 1. The molecule has 2 N–H and O–H groups in total. The number of rotatable bonds is 6. The monoisotopic (exact) mass is 400 g/mol. The van der Waals surface area contributed by atoms with Crippen LogP contribution in [0.15, 0.2) is 24.3 Å². The Morgan fingerprint density at radius 2 is 1.89 bits per heavy atom. The van der Waals surface area contributed by atoms with Crippen molar-refractivity contribution in [1.29, 1.82) is 0 Å². The van der Waals surface area contributed by atoms with Crippen molar-refractivity contribution in [2.45, 2.75) is 37.3 Å². The number of halogens is 1. The van der Waals surface area contributed by atoms with E-state index in [1.165, 1.54) is 6.07 Å². The van der Waals surface area contributed by atoms with Crippen LogP contribution >= 0.6 is 0 Å². The van der Waals surface area contributed by atoms with Gasteiger partial charge in [-0.1, -0.05) is 12.1 Å². The van der Waals surface area contributed by atoms with Gasteiger partial charge in [-0.05, 0) is 38.3 Å². The van der Waals surface area contributed by atoms with Gasteiger partial charge in [-0.2, -0.15) is 0 Å². The predicted molar refractivity (Wildman–Crippen MR) is 103 cm³/mol. The number of piperidine rings is 1. The van der Waals surface area contributed by atoms with Gasteiger partial charge in [-0.25, -0.2) is 12.8 Å². The van der Waals surface area contributed by atoms with Gasteiger partial charge in [-0.15, -0.1) is 0 Å². The summed E-state index contributed by atoms with van der Waals surface area (Å²) in [5.74, 6) is -0.0731. The Kier molecular flexibility index (Phi) is 5.82. The molecule has 2 aliphatic heterocycles. The molecule has 0 saturated carbocycles. The van der Waals surface area contributed by atoms with Gasteiger partial charge in [-0.3, -0.25) is 4.90 Å². The van der Waals surface area contributed by atoms with E-state index in [4.69, 9.17) is 0 Å². The summed E-state index contributed by atoms with van der Waals surface area (Å²) in [6.45, 7) is 3.49. The number of nitrogens with zero attached hydrogens (tertiary/aromatic N) is 2. The Bertz CT molecular complexity index is 765. The van der Waals surface area contributed by atoms with E-state index in [-0.39, 0.29) is 23.9 Å². The van der Waals surface area contributed by atoms with E-state index in [9.17, 15) is 23.0 Å². The molecule has 2 fully saturated rings. The summed E-state index contributed by atoms with van der Waals surface area (Å²) in [5, 5.41) is 20.6. The van der Waals surface area contributed by atoms with Crippen molar-refractivity contribution in [3.63, 3.8) is 0 Å². The van der Waals surface area contributed by atoms with Crippen molar-refractivity contribution in [1.82, 2.24) is 4.90 Å². The van der Waals surface area contributed by atoms with Crippen LogP contribution < -0.4 is 4.90 Å². The molecule has 0 aliphatic carbocycles. The topological polar surface area (TPSA) is 81.1 Å². The Morgan fingerprint density at radius 1 is 1.22 bits per heavy atom. The lowest BCUT2D eigenvalue weighted by molar-refractivity contribution is -0.0444. The van der Waals surface area contributed by atoms with Crippen LogP contribution in [0.4, 0.5) is 10.1 Å². The van der Waals surface area contributed by atoms with Crippen molar-refractivity contribution in [3.8, 4) is 0 Å².